The molecule has 3 aromatic heterocycles. The zero-order valence-electron chi connectivity index (χ0n) is 18.5. The number of morpholine rings is 1. The second kappa shape index (κ2) is 8.28. The number of aromatic nitrogens is 3. The Bertz CT molecular complexity index is 1330. The highest BCUT2D eigenvalue weighted by Gasteiger charge is 2.26. The number of pyridine rings is 1. The van der Waals surface area contributed by atoms with Crippen molar-refractivity contribution in [1.82, 2.24) is 20.1 Å². The molecule has 1 aromatic carbocycles. The molecule has 1 aliphatic heterocycles. The first-order valence-electron chi connectivity index (χ1n) is 11.4. The largest absolute Gasteiger partial charge is 0.378 e. The van der Waals surface area contributed by atoms with Gasteiger partial charge in [-0.25, -0.2) is 9.67 Å². The summed E-state index contributed by atoms with van der Waals surface area (Å²) in [5, 5.41) is 7.90. The van der Waals surface area contributed by atoms with Crippen LogP contribution in [-0.2, 0) is 4.74 Å². The Balaban J connectivity index is 1.42. The van der Waals surface area contributed by atoms with E-state index >= 15 is 0 Å². The second-order valence-electron chi connectivity index (χ2n) is 8.69. The van der Waals surface area contributed by atoms with Crippen LogP contribution >= 0.6 is 11.3 Å². The lowest BCUT2D eigenvalue weighted by Crippen LogP contribution is -2.36. The molecule has 0 atom stereocenters. The van der Waals surface area contributed by atoms with E-state index in [2.05, 4.69) is 41.4 Å². The zero-order valence-corrected chi connectivity index (χ0v) is 19.3. The molecule has 0 radical (unpaired) electrons. The third kappa shape index (κ3) is 4.12. The van der Waals surface area contributed by atoms with E-state index in [0.717, 1.165) is 58.9 Å². The highest BCUT2D eigenvalue weighted by atomic mass is 32.1. The fraction of sp³-hybridized carbons (Fsp3) is 0.320. The fourth-order valence-corrected chi connectivity index (χ4v) is 5.20. The van der Waals surface area contributed by atoms with Gasteiger partial charge in [-0.2, -0.15) is 5.10 Å². The van der Waals surface area contributed by atoms with E-state index in [9.17, 15) is 4.79 Å². The zero-order chi connectivity index (χ0) is 22.4. The van der Waals surface area contributed by atoms with E-state index in [4.69, 9.17) is 14.8 Å². The van der Waals surface area contributed by atoms with Crippen molar-refractivity contribution in [3.05, 3.63) is 59.1 Å². The molecule has 1 aliphatic carbocycles. The number of ether oxygens (including phenoxy) is 1. The van der Waals surface area contributed by atoms with Crippen LogP contribution in [0.5, 0.6) is 0 Å². The van der Waals surface area contributed by atoms with Crippen molar-refractivity contribution in [2.45, 2.75) is 25.8 Å². The number of nitrogens with zero attached hydrogens (tertiary/aromatic N) is 4. The molecule has 0 spiro atoms. The van der Waals surface area contributed by atoms with Gasteiger partial charge in [-0.05, 0) is 38.0 Å². The Labute approximate surface area is 196 Å². The molecular weight excluding hydrogens is 434 g/mol. The van der Waals surface area contributed by atoms with Crippen LogP contribution in [0.4, 0.5) is 5.69 Å². The Hall–Kier alpha value is -3.23. The predicted octanol–water partition coefficient (Wildman–Crippen LogP) is 4.19. The van der Waals surface area contributed by atoms with Crippen molar-refractivity contribution in [1.29, 1.82) is 0 Å². The third-order valence-electron chi connectivity index (χ3n) is 6.07. The number of hydrogen-bond donors (Lipinski definition) is 1. The Morgan fingerprint density at radius 2 is 2.00 bits per heavy atom. The van der Waals surface area contributed by atoms with Gasteiger partial charge in [0.2, 0.25) is 0 Å². The van der Waals surface area contributed by atoms with Crippen LogP contribution in [0, 0.1) is 6.92 Å². The van der Waals surface area contributed by atoms with E-state index in [1.807, 2.05) is 29.1 Å². The first-order chi connectivity index (χ1) is 16.1. The molecule has 1 saturated carbocycles. The van der Waals surface area contributed by atoms with Gasteiger partial charge >= 0.3 is 0 Å². The first kappa shape index (κ1) is 20.4. The topological polar surface area (TPSA) is 72.3 Å². The quantitative estimate of drug-likeness (QED) is 0.485. The molecule has 0 unspecified atom stereocenters. The summed E-state index contributed by atoms with van der Waals surface area (Å²) < 4.78 is 8.43. The van der Waals surface area contributed by atoms with Crippen molar-refractivity contribution in [3.8, 4) is 17.1 Å². The molecule has 1 amide bonds. The Morgan fingerprint density at radius 3 is 2.79 bits per heavy atom. The SMILES string of the molecule is Cc1cccc(-c2ccn(-c3cc(N4CCOCC4)c4sc(C(=O)NC5CC5)cc4n3)n2)c1. The summed E-state index contributed by atoms with van der Waals surface area (Å²) >= 11 is 1.52. The van der Waals surface area contributed by atoms with Crippen LogP contribution in [0.1, 0.15) is 28.1 Å². The van der Waals surface area contributed by atoms with Crippen molar-refractivity contribution in [2.24, 2.45) is 0 Å². The molecular formula is C25H25N5O2S. The number of carbonyl (C=O) groups is 1. The van der Waals surface area contributed by atoms with Crippen LogP contribution in [0.25, 0.3) is 27.3 Å². The average Bonchev–Trinajstić information content (AvgIpc) is 3.33. The second-order valence-corrected chi connectivity index (χ2v) is 9.74. The lowest BCUT2D eigenvalue weighted by molar-refractivity contribution is 0.0955. The van der Waals surface area contributed by atoms with Gasteiger partial charge in [0.15, 0.2) is 5.82 Å². The summed E-state index contributed by atoms with van der Waals surface area (Å²) in [6.45, 7) is 5.09. The van der Waals surface area contributed by atoms with Gasteiger partial charge in [-0.1, -0.05) is 23.8 Å². The Morgan fingerprint density at radius 1 is 1.15 bits per heavy atom. The van der Waals surface area contributed by atoms with Crippen molar-refractivity contribution >= 4 is 33.1 Å². The molecule has 1 N–H and O–H groups in total. The Kier molecular flexibility index (Phi) is 5.11. The number of amides is 1. The van der Waals surface area contributed by atoms with Crippen LogP contribution < -0.4 is 10.2 Å². The molecule has 168 valence electrons. The van der Waals surface area contributed by atoms with Gasteiger partial charge in [0, 0.05) is 37.0 Å². The number of nitrogens with one attached hydrogen (secondary N) is 1. The molecule has 4 heterocycles. The van der Waals surface area contributed by atoms with Gasteiger partial charge in [-0.15, -0.1) is 11.3 Å². The molecule has 8 heteroatoms. The van der Waals surface area contributed by atoms with E-state index in [1.165, 1.54) is 16.9 Å². The summed E-state index contributed by atoms with van der Waals surface area (Å²) in [6.07, 6.45) is 4.09. The van der Waals surface area contributed by atoms with Gasteiger partial charge < -0.3 is 15.0 Å². The van der Waals surface area contributed by atoms with Crippen LogP contribution in [-0.4, -0.2) is 53.0 Å². The standard InChI is InChI=1S/C25H25N5O2S/c1-16-3-2-4-17(13-16)19-7-8-30(28-19)23-15-21(29-9-11-32-12-10-29)24-20(27-23)14-22(33-24)25(31)26-18-5-6-18/h2-4,7-8,13-15,18H,5-6,9-12H2,1H3,(H,26,31). The minimum absolute atomic E-state index is 0.00389. The fourth-order valence-electron chi connectivity index (χ4n) is 4.15. The average molecular weight is 460 g/mol. The number of benzene rings is 1. The molecule has 4 aromatic rings. The lowest BCUT2D eigenvalue weighted by atomic mass is 10.1. The summed E-state index contributed by atoms with van der Waals surface area (Å²) in [5.41, 5.74) is 5.10. The maximum atomic E-state index is 12.7. The molecule has 1 saturated heterocycles. The maximum absolute atomic E-state index is 12.7. The highest BCUT2D eigenvalue weighted by Crippen LogP contribution is 2.36. The first-order valence-corrected chi connectivity index (χ1v) is 12.2. The highest BCUT2D eigenvalue weighted by molar-refractivity contribution is 7.21. The van der Waals surface area contributed by atoms with Gasteiger partial charge in [0.25, 0.3) is 5.91 Å². The number of fused-ring (bicyclic) bond motifs is 1. The smallest absolute Gasteiger partial charge is 0.261 e. The van der Waals surface area contributed by atoms with E-state index in [-0.39, 0.29) is 5.91 Å². The molecule has 0 bridgehead atoms. The van der Waals surface area contributed by atoms with Crippen molar-refractivity contribution in [3.63, 3.8) is 0 Å². The third-order valence-corrected chi connectivity index (χ3v) is 7.22. The predicted molar refractivity (Wildman–Crippen MR) is 130 cm³/mol. The number of carbonyl (C=O) groups excluding carboxylic acids is 1. The monoisotopic (exact) mass is 459 g/mol. The van der Waals surface area contributed by atoms with E-state index < -0.39 is 0 Å². The van der Waals surface area contributed by atoms with E-state index in [0.29, 0.717) is 24.1 Å². The maximum Gasteiger partial charge on any atom is 0.261 e. The normalized spacial score (nSPS) is 16.3. The van der Waals surface area contributed by atoms with Crippen molar-refractivity contribution < 1.29 is 9.53 Å². The lowest BCUT2D eigenvalue weighted by Gasteiger charge is -2.29. The summed E-state index contributed by atoms with van der Waals surface area (Å²) in [6, 6.07) is 14.7. The minimum atomic E-state index is -0.00389. The summed E-state index contributed by atoms with van der Waals surface area (Å²) in [7, 11) is 0. The number of hydrogen-bond acceptors (Lipinski definition) is 6. The van der Waals surface area contributed by atoms with Crippen LogP contribution in [0.15, 0.2) is 48.7 Å². The van der Waals surface area contributed by atoms with Crippen LogP contribution in [0.2, 0.25) is 0 Å². The number of rotatable bonds is 5. The van der Waals surface area contributed by atoms with Crippen LogP contribution in [0.3, 0.4) is 0 Å². The molecule has 2 fully saturated rings. The van der Waals surface area contributed by atoms with E-state index in [1.54, 1.807) is 0 Å². The number of aryl methyl sites for hydroxylation is 1. The minimum Gasteiger partial charge on any atom is -0.378 e. The summed E-state index contributed by atoms with van der Waals surface area (Å²) in [5.74, 6) is 0.741. The molecule has 2 aliphatic rings. The van der Waals surface area contributed by atoms with Crippen molar-refractivity contribution in [2.75, 3.05) is 31.2 Å². The molecule has 7 nitrogen and oxygen atoms in total. The molecule has 33 heavy (non-hydrogen) atoms. The van der Waals surface area contributed by atoms with Gasteiger partial charge in [-0.3, -0.25) is 4.79 Å². The molecule has 6 rings (SSSR count). The summed E-state index contributed by atoms with van der Waals surface area (Å²) in [4.78, 5) is 20.6. The number of thiophene rings is 1. The van der Waals surface area contributed by atoms with Gasteiger partial charge in [0.05, 0.1) is 39.7 Å². The van der Waals surface area contributed by atoms with Gasteiger partial charge in [0.1, 0.15) is 0 Å². The number of anilines is 1.